The lowest BCUT2D eigenvalue weighted by atomic mass is 9.90. The molecule has 5 rings (SSSR count). The van der Waals surface area contributed by atoms with Crippen LogP contribution in [0.1, 0.15) is 31.2 Å². The summed E-state index contributed by atoms with van der Waals surface area (Å²) in [7, 11) is 0. The normalized spacial score (nSPS) is 19.2. The van der Waals surface area contributed by atoms with Gasteiger partial charge in [0, 0.05) is 36.1 Å². The van der Waals surface area contributed by atoms with E-state index in [-0.39, 0.29) is 0 Å². The number of aromatic nitrogens is 4. The van der Waals surface area contributed by atoms with E-state index in [9.17, 15) is 0 Å². The molecule has 3 heterocycles. The summed E-state index contributed by atoms with van der Waals surface area (Å²) in [6, 6.07) is 6.58. The summed E-state index contributed by atoms with van der Waals surface area (Å²) in [5, 5.41) is 8.17. The first-order chi connectivity index (χ1) is 12.8. The number of allylic oxidation sites excluding steroid dienone is 3. The van der Waals surface area contributed by atoms with E-state index in [1.54, 1.807) is 11.8 Å². The van der Waals surface area contributed by atoms with Gasteiger partial charge in [-0.15, -0.1) is 0 Å². The molecule has 0 saturated heterocycles. The first-order valence-corrected chi connectivity index (χ1v) is 9.17. The Hall–Kier alpha value is -2.95. The second kappa shape index (κ2) is 6.09. The highest BCUT2D eigenvalue weighted by Gasteiger charge is 2.22. The quantitative estimate of drug-likeness (QED) is 0.769. The second-order valence-electron chi connectivity index (χ2n) is 7.20. The molecule has 130 valence electrons. The highest BCUT2D eigenvalue weighted by atomic mass is 15.3. The summed E-state index contributed by atoms with van der Waals surface area (Å²) in [4.78, 5) is 9.07. The van der Waals surface area contributed by atoms with E-state index >= 15 is 0 Å². The first-order valence-electron chi connectivity index (χ1n) is 9.17. The molecule has 26 heavy (non-hydrogen) atoms. The molecule has 3 aromatic heterocycles. The molecule has 0 spiro atoms. The van der Waals surface area contributed by atoms with E-state index in [0.717, 1.165) is 47.5 Å². The second-order valence-corrected chi connectivity index (χ2v) is 7.20. The number of fused-ring (bicyclic) bond motifs is 1. The van der Waals surface area contributed by atoms with Crippen molar-refractivity contribution in [3.8, 4) is 11.3 Å². The van der Waals surface area contributed by atoms with Gasteiger partial charge in [-0.2, -0.15) is 9.61 Å². The van der Waals surface area contributed by atoms with Crippen LogP contribution in [0, 0.1) is 6.92 Å². The van der Waals surface area contributed by atoms with Crippen LogP contribution in [0.5, 0.6) is 0 Å². The lowest BCUT2D eigenvalue weighted by Crippen LogP contribution is -2.24. The van der Waals surface area contributed by atoms with Crippen molar-refractivity contribution in [2.75, 3.05) is 5.32 Å². The Kier molecular flexibility index (Phi) is 3.59. The van der Waals surface area contributed by atoms with E-state index in [4.69, 9.17) is 4.98 Å². The van der Waals surface area contributed by atoms with Crippen molar-refractivity contribution >= 4 is 11.5 Å². The van der Waals surface area contributed by atoms with E-state index < -0.39 is 0 Å². The minimum Gasteiger partial charge on any atom is -0.367 e. The van der Waals surface area contributed by atoms with Crippen LogP contribution in [0.3, 0.4) is 0 Å². The predicted molar refractivity (Wildman–Crippen MR) is 103 cm³/mol. The highest BCUT2D eigenvalue weighted by molar-refractivity contribution is 5.66. The summed E-state index contributed by atoms with van der Waals surface area (Å²) >= 11 is 0. The smallest absolute Gasteiger partial charge is 0.157 e. The molecule has 0 aliphatic heterocycles. The van der Waals surface area contributed by atoms with E-state index in [1.807, 2.05) is 23.0 Å². The molecule has 5 nitrogen and oxygen atoms in total. The topological polar surface area (TPSA) is 55.1 Å². The Labute approximate surface area is 152 Å². The van der Waals surface area contributed by atoms with Crippen molar-refractivity contribution < 1.29 is 0 Å². The van der Waals surface area contributed by atoms with Crippen molar-refractivity contribution in [3.05, 3.63) is 65.7 Å². The maximum absolute atomic E-state index is 4.75. The largest absolute Gasteiger partial charge is 0.367 e. The lowest BCUT2D eigenvalue weighted by molar-refractivity contribution is 0.605. The molecule has 1 atom stereocenters. The van der Waals surface area contributed by atoms with Crippen molar-refractivity contribution in [2.45, 2.75) is 38.6 Å². The van der Waals surface area contributed by atoms with Gasteiger partial charge < -0.3 is 5.32 Å². The van der Waals surface area contributed by atoms with Crippen LogP contribution < -0.4 is 5.32 Å². The minimum absolute atomic E-state index is 0.426. The molecular formula is C21H21N5. The van der Waals surface area contributed by atoms with Crippen LogP contribution in [-0.4, -0.2) is 25.6 Å². The summed E-state index contributed by atoms with van der Waals surface area (Å²) in [6.45, 7) is 2.05. The maximum Gasteiger partial charge on any atom is 0.157 e. The molecule has 0 aromatic carbocycles. The van der Waals surface area contributed by atoms with Crippen LogP contribution in [-0.2, 0) is 0 Å². The fourth-order valence-corrected chi connectivity index (χ4v) is 3.97. The van der Waals surface area contributed by atoms with Crippen LogP contribution in [0.2, 0.25) is 0 Å². The average Bonchev–Trinajstić information content (AvgIpc) is 3.30. The first kappa shape index (κ1) is 15.3. The van der Waals surface area contributed by atoms with Gasteiger partial charge in [0.05, 0.1) is 11.9 Å². The van der Waals surface area contributed by atoms with Gasteiger partial charge in [-0.25, -0.2) is 4.98 Å². The monoisotopic (exact) mass is 343 g/mol. The van der Waals surface area contributed by atoms with Gasteiger partial charge in [0.2, 0.25) is 0 Å². The third-order valence-electron chi connectivity index (χ3n) is 5.28. The molecule has 1 N–H and O–H groups in total. The zero-order valence-corrected chi connectivity index (χ0v) is 14.8. The van der Waals surface area contributed by atoms with Gasteiger partial charge in [-0.3, -0.25) is 4.98 Å². The molecule has 2 aliphatic rings. The predicted octanol–water partition coefficient (Wildman–Crippen LogP) is 4.32. The molecular weight excluding hydrogens is 322 g/mol. The maximum atomic E-state index is 4.75. The minimum atomic E-state index is 0.426. The third kappa shape index (κ3) is 2.69. The molecule has 0 radical (unpaired) electrons. The van der Waals surface area contributed by atoms with Crippen LogP contribution >= 0.6 is 0 Å². The zero-order chi connectivity index (χ0) is 17.5. The van der Waals surface area contributed by atoms with Gasteiger partial charge in [-0.1, -0.05) is 17.7 Å². The number of nitrogens with zero attached hydrogens (tertiary/aromatic N) is 4. The molecule has 0 bridgehead atoms. The highest BCUT2D eigenvalue weighted by Crippen LogP contribution is 2.34. The van der Waals surface area contributed by atoms with Gasteiger partial charge in [-0.05, 0) is 49.8 Å². The Balaban J connectivity index is 1.51. The van der Waals surface area contributed by atoms with E-state index in [2.05, 4.69) is 46.6 Å². The number of nitrogens with one attached hydrogen (secondary N) is 1. The number of anilines is 1. The van der Waals surface area contributed by atoms with E-state index in [0.29, 0.717) is 6.04 Å². The summed E-state index contributed by atoms with van der Waals surface area (Å²) in [5.74, 6) is 0.993. The Bertz CT molecular complexity index is 1040. The fourth-order valence-electron chi connectivity index (χ4n) is 3.97. The van der Waals surface area contributed by atoms with Crippen LogP contribution in [0.15, 0.2) is 60.1 Å². The summed E-state index contributed by atoms with van der Waals surface area (Å²) in [6.07, 6.45) is 14.7. The molecule has 5 heteroatoms. The number of hydrogen-bond donors (Lipinski definition) is 1. The number of hydrogen-bond acceptors (Lipinski definition) is 4. The van der Waals surface area contributed by atoms with E-state index in [1.165, 1.54) is 12.0 Å². The van der Waals surface area contributed by atoms with Crippen molar-refractivity contribution in [3.63, 3.8) is 0 Å². The molecule has 3 aromatic rings. The Morgan fingerprint density at radius 3 is 3.12 bits per heavy atom. The molecule has 2 aliphatic carbocycles. The molecule has 0 fully saturated rings. The molecule has 0 amide bonds. The summed E-state index contributed by atoms with van der Waals surface area (Å²) in [5.41, 5.74) is 7.07. The summed E-state index contributed by atoms with van der Waals surface area (Å²) < 4.78 is 1.89. The average molecular weight is 343 g/mol. The van der Waals surface area contributed by atoms with Crippen molar-refractivity contribution in [1.29, 1.82) is 0 Å². The SMILES string of the molecule is Cc1cncc(-c2cc(NC3CCC4=C(C=CC4)C3)n3nccc3n2)c1. The lowest BCUT2D eigenvalue weighted by Gasteiger charge is -2.26. The standard InChI is InChI=1S/C21H21N5/c1-14-9-17(13-22-12-14)19-11-21(26-20(25-19)7-8-23-26)24-18-6-5-15-3-2-4-16(15)10-18/h2,4,7-9,11-13,18,24H,3,5-6,10H2,1H3. The van der Waals surface area contributed by atoms with Gasteiger partial charge >= 0.3 is 0 Å². The fraction of sp³-hybridized carbons (Fsp3) is 0.286. The Morgan fingerprint density at radius 1 is 1.23 bits per heavy atom. The third-order valence-corrected chi connectivity index (χ3v) is 5.28. The zero-order valence-electron chi connectivity index (χ0n) is 14.8. The number of pyridine rings is 1. The molecule has 0 saturated carbocycles. The van der Waals surface area contributed by atoms with Crippen LogP contribution in [0.4, 0.5) is 5.82 Å². The van der Waals surface area contributed by atoms with Crippen LogP contribution in [0.25, 0.3) is 16.9 Å². The molecule has 1 unspecified atom stereocenters. The van der Waals surface area contributed by atoms with Gasteiger partial charge in [0.15, 0.2) is 5.65 Å². The van der Waals surface area contributed by atoms with Gasteiger partial charge in [0.1, 0.15) is 5.82 Å². The van der Waals surface area contributed by atoms with Gasteiger partial charge in [0.25, 0.3) is 0 Å². The number of rotatable bonds is 3. The Morgan fingerprint density at radius 2 is 2.19 bits per heavy atom. The van der Waals surface area contributed by atoms with Crippen molar-refractivity contribution in [2.24, 2.45) is 0 Å². The van der Waals surface area contributed by atoms with Crippen molar-refractivity contribution in [1.82, 2.24) is 19.6 Å². The number of aryl methyl sites for hydroxylation is 1.